The fourth-order valence-electron chi connectivity index (χ4n) is 2.03. The first kappa shape index (κ1) is 14.5. The molecule has 1 atom stereocenters. The van der Waals surface area contributed by atoms with Gasteiger partial charge in [0.15, 0.2) is 11.5 Å². The average Bonchev–Trinajstić information content (AvgIpc) is 2.49. The predicted octanol–water partition coefficient (Wildman–Crippen LogP) is 2.99. The van der Waals surface area contributed by atoms with Crippen LogP contribution in [-0.2, 0) is 0 Å². The third-order valence-corrected chi connectivity index (χ3v) is 3.24. The number of hydrogen-bond acceptors (Lipinski definition) is 5. The largest absolute Gasteiger partial charge is 0.504 e. The minimum atomic E-state index is -0.848. The first-order valence-corrected chi connectivity index (χ1v) is 6.21. The van der Waals surface area contributed by atoms with Crippen LogP contribution >= 0.6 is 0 Å². The number of phenols is 2. The molecule has 6 nitrogen and oxygen atoms in total. The van der Waals surface area contributed by atoms with Crippen molar-refractivity contribution in [3.63, 3.8) is 0 Å². The molecule has 1 unspecified atom stereocenters. The molecule has 0 saturated heterocycles. The maximum atomic E-state index is 12.4. The molecule has 0 saturated carbocycles. The third kappa shape index (κ3) is 2.84. The van der Waals surface area contributed by atoms with Gasteiger partial charge in [-0.15, -0.1) is 0 Å². The monoisotopic (exact) mass is 287 g/mol. The Morgan fingerprint density at radius 2 is 1.81 bits per heavy atom. The van der Waals surface area contributed by atoms with Gasteiger partial charge in [-0.3, -0.25) is 14.9 Å². The van der Waals surface area contributed by atoms with Crippen molar-refractivity contribution in [3.8, 4) is 11.5 Å². The minimum absolute atomic E-state index is 0.0200. The standard InChI is InChI=1S/C15H13NO5/c1-9(10-5-3-2-4-6-10)14(18)11-7-12(16(20)21)15(19)13(17)8-11/h2-9,17,19H,1H3. The van der Waals surface area contributed by atoms with Gasteiger partial charge in [-0.2, -0.15) is 0 Å². The highest BCUT2D eigenvalue weighted by atomic mass is 16.6. The zero-order chi connectivity index (χ0) is 15.6. The SMILES string of the molecule is CC(C(=O)c1cc(O)c(O)c([N+](=O)[O-])c1)c1ccccc1. The number of aromatic hydroxyl groups is 2. The van der Waals surface area contributed by atoms with Gasteiger partial charge >= 0.3 is 5.69 Å². The van der Waals surface area contributed by atoms with E-state index in [2.05, 4.69) is 0 Å². The smallest absolute Gasteiger partial charge is 0.315 e. The average molecular weight is 287 g/mol. The fourth-order valence-corrected chi connectivity index (χ4v) is 2.03. The van der Waals surface area contributed by atoms with E-state index in [0.717, 1.165) is 17.7 Å². The van der Waals surface area contributed by atoms with Gasteiger partial charge in [0.2, 0.25) is 5.75 Å². The van der Waals surface area contributed by atoms with Crippen molar-refractivity contribution in [1.82, 2.24) is 0 Å². The fraction of sp³-hybridized carbons (Fsp3) is 0.133. The number of Topliss-reactive ketones (excluding diaryl/α,β-unsaturated/α-hetero) is 1. The van der Waals surface area contributed by atoms with Gasteiger partial charge in [-0.1, -0.05) is 37.3 Å². The molecule has 6 heteroatoms. The van der Waals surface area contributed by atoms with Crippen LogP contribution in [0.3, 0.4) is 0 Å². The molecule has 0 aliphatic carbocycles. The van der Waals surface area contributed by atoms with Crippen LogP contribution in [0.4, 0.5) is 5.69 Å². The number of carbonyl (C=O) groups is 1. The van der Waals surface area contributed by atoms with Crippen LogP contribution in [0.15, 0.2) is 42.5 Å². The number of phenolic OH excluding ortho intramolecular Hbond substituents is 2. The van der Waals surface area contributed by atoms with Crippen molar-refractivity contribution >= 4 is 11.5 Å². The van der Waals surface area contributed by atoms with E-state index in [1.807, 2.05) is 6.07 Å². The maximum Gasteiger partial charge on any atom is 0.315 e. The number of nitrogens with zero attached hydrogens (tertiary/aromatic N) is 1. The summed E-state index contributed by atoms with van der Waals surface area (Å²) in [6.07, 6.45) is 0. The number of carbonyl (C=O) groups excluding carboxylic acids is 1. The normalized spacial score (nSPS) is 11.9. The summed E-state index contributed by atoms with van der Waals surface area (Å²) in [5.74, 6) is -2.42. The van der Waals surface area contributed by atoms with Crippen LogP contribution in [0.1, 0.15) is 28.8 Å². The molecule has 2 aromatic carbocycles. The van der Waals surface area contributed by atoms with E-state index in [1.165, 1.54) is 0 Å². The van der Waals surface area contributed by atoms with Gasteiger partial charge < -0.3 is 10.2 Å². The highest BCUT2D eigenvalue weighted by Gasteiger charge is 2.24. The number of nitro groups is 1. The number of ketones is 1. The highest BCUT2D eigenvalue weighted by molar-refractivity contribution is 6.02. The molecule has 0 fully saturated rings. The van der Waals surface area contributed by atoms with E-state index < -0.39 is 28.0 Å². The Morgan fingerprint density at radius 3 is 2.38 bits per heavy atom. The van der Waals surface area contributed by atoms with Gasteiger partial charge in [0.1, 0.15) is 0 Å². The van der Waals surface area contributed by atoms with Crippen molar-refractivity contribution in [1.29, 1.82) is 0 Å². The molecule has 0 radical (unpaired) electrons. The van der Waals surface area contributed by atoms with Gasteiger partial charge in [-0.05, 0) is 11.6 Å². The summed E-state index contributed by atoms with van der Waals surface area (Å²) in [6.45, 7) is 1.67. The number of benzene rings is 2. The molecule has 0 spiro atoms. The molecule has 0 aliphatic rings. The molecular formula is C15H13NO5. The second kappa shape index (κ2) is 5.62. The van der Waals surface area contributed by atoms with Crippen LogP contribution in [0.25, 0.3) is 0 Å². The lowest BCUT2D eigenvalue weighted by Gasteiger charge is -2.11. The molecule has 21 heavy (non-hydrogen) atoms. The van der Waals surface area contributed by atoms with E-state index >= 15 is 0 Å². The van der Waals surface area contributed by atoms with Crippen molar-refractivity contribution < 1.29 is 19.9 Å². The first-order valence-electron chi connectivity index (χ1n) is 6.21. The highest BCUT2D eigenvalue weighted by Crippen LogP contribution is 2.37. The number of hydrogen-bond donors (Lipinski definition) is 2. The van der Waals surface area contributed by atoms with Crippen LogP contribution in [0.2, 0.25) is 0 Å². The lowest BCUT2D eigenvalue weighted by atomic mass is 9.92. The van der Waals surface area contributed by atoms with Crippen LogP contribution < -0.4 is 0 Å². The summed E-state index contributed by atoms with van der Waals surface area (Å²) in [5, 5.41) is 29.8. The first-order chi connectivity index (χ1) is 9.91. The zero-order valence-corrected chi connectivity index (χ0v) is 11.2. The Kier molecular flexibility index (Phi) is 3.89. The van der Waals surface area contributed by atoms with E-state index in [4.69, 9.17) is 0 Å². The Morgan fingerprint density at radius 1 is 1.19 bits per heavy atom. The lowest BCUT2D eigenvalue weighted by Crippen LogP contribution is -2.10. The van der Waals surface area contributed by atoms with Gasteiger partial charge in [0, 0.05) is 17.5 Å². The Bertz CT molecular complexity index is 697. The number of nitro benzene ring substituents is 1. The molecule has 2 rings (SSSR count). The topological polar surface area (TPSA) is 101 Å². The lowest BCUT2D eigenvalue weighted by molar-refractivity contribution is -0.386. The maximum absolute atomic E-state index is 12.4. The van der Waals surface area contributed by atoms with Gasteiger partial charge in [0.05, 0.1) is 4.92 Å². The second-order valence-electron chi connectivity index (χ2n) is 4.62. The summed E-state index contributed by atoms with van der Waals surface area (Å²) >= 11 is 0. The van der Waals surface area contributed by atoms with Crippen LogP contribution in [0, 0.1) is 10.1 Å². The molecule has 0 bridgehead atoms. The Labute approximate surface area is 120 Å². The second-order valence-corrected chi connectivity index (χ2v) is 4.62. The summed E-state index contributed by atoms with van der Waals surface area (Å²) < 4.78 is 0. The Hall–Kier alpha value is -2.89. The Balaban J connectivity index is 2.42. The zero-order valence-electron chi connectivity index (χ0n) is 11.2. The molecule has 0 heterocycles. The molecule has 0 aliphatic heterocycles. The third-order valence-electron chi connectivity index (χ3n) is 3.24. The number of rotatable bonds is 4. The molecule has 0 aromatic heterocycles. The van der Waals surface area contributed by atoms with Crippen LogP contribution in [0.5, 0.6) is 11.5 Å². The molecule has 2 N–H and O–H groups in total. The van der Waals surface area contributed by atoms with E-state index in [-0.39, 0.29) is 11.3 Å². The van der Waals surface area contributed by atoms with Gasteiger partial charge in [0.25, 0.3) is 0 Å². The molecule has 2 aromatic rings. The minimum Gasteiger partial charge on any atom is -0.504 e. The molecular weight excluding hydrogens is 274 g/mol. The molecule has 0 amide bonds. The van der Waals surface area contributed by atoms with E-state index in [0.29, 0.717) is 0 Å². The van der Waals surface area contributed by atoms with Crippen molar-refractivity contribution in [2.24, 2.45) is 0 Å². The summed E-state index contributed by atoms with van der Waals surface area (Å²) in [5.41, 5.74) is 0.0460. The van der Waals surface area contributed by atoms with Crippen LogP contribution in [-0.4, -0.2) is 20.9 Å². The summed E-state index contributed by atoms with van der Waals surface area (Å²) in [4.78, 5) is 22.3. The van der Waals surface area contributed by atoms with E-state index in [9.17, 15) is 25.1 Å². The summed E-state index contributed by atoms with van der Waals surface area (Å²) in [6, 6.07) is 10.9. The summed E-state index contributed by atoms with van der Waals surface area (Å²) in [7, 11) is 0. The van der Waals surface area contributed by atoms with Crippen molar-refractivity contribution in [2.75, 3.05) is 0 Å². The van der Waals surface area contributed by atoms with Crippen molar-refractivity contribution in [3.05, 3.63) is 63.7 Å². The quantitative estimate of drug-likeness (QED) is 0.389. The van der Waals surface area contributed by atoms with Crippen molar-refractivity contribution in [2.45, 2.75) is 12.8 Å². The van der Waals surface area contributed by atoms with E-state index in [1.54, 1.807) is 31.2 Å². The predicted molar refractivity (Wildman–Crippen MR) is 75.6 cm³/mol. The van der Waals surface area contributed by atoms with Gasteiger partial charge in [-0.25, -0.2) is 0 Å². The molecule has 108 valence electrons.